The molecule has 1 aliphatic heterocycles. The predicted octanol–water partition coefficient (Wildman–Crippen LogP) is 1.96. The zero-order valence-electron chi connectivity index (χ0n) is 25.1. The standard InChI is InChI=1S/C31H42N4O8S/c1-3-7-25(28-21-11-10-20(15-22(21)31(42)43-28)14-19-8-5-4-6-9-19)44-17-24(29(39)33-16-27(37)38)35-26(36)13-12-23(30(40)41)34-18-32-2/h4-6,8-9,15,22-25,32,34H,3,7,10-14,16-18H2,1-2H3,(H,33,39)(H,35,36)(H,37,38)(H,40,41). The maximum Gasteiger partial charge on any atom is 0.322 e. The van der Waals surface area contributed by atoms with Crippen LogP contribution in [0.15, 0.2) is 53.3 Å². The topological polar surface area (TPSA) is 183 Å². The fraction of sp³-hybridized carbons (Fsp3) is 0.516. The molecule has 1 aliphatic carbocycles. The normalized spacial score (nSPS) is 18.0. The molecule has 6 N–H and O–H groups in total. The Morgan fingerprint density at radius 2 is 1.82 bits per heavy atom. The summed E-state index contributed by atoms with van der Waals surface area (Å²) in [6.07, 6.45) is 5.55. The van der Waals surface area contributed by atoms with E-state index in [1.165, 1.54) is 22.9 Å². The molecule has 1 aromatic rings. The number of fused-ring (bicyclic) bond motifs is 1. The van der Waals surface area contributed by atoms with Gasteiger partial charge < -0.3 is 30.9 Å². The zero-order chi connectivity index (χ0) is 32.1. The van der Waals surface area contributed by atoms with E-state index in [4.69, 9.17) is 9.84 Å². The molecule has 0 saturated carbocycles. The van der Waals surface area contributed by atoms with Crippen molar-refractivity contribution in [3.63, 3.8) is 0 Å². The number of amides is 2. The molecule has 2 amide bonds. The van der Waals surface area contributed by atoms with Gasteiger partial charge in [-0.25, -0.2) is 0 Å². The number of aliphatic carboxylic acids is 2. The minimum absolute atomic E-state index is 0.00865. The molecule has 3 rings (SSSR count). The number of carbonyl (C=O) groups excluding carboxylic acids is 3. The predicted molar refractivity (Wildman–Crippen MR) is 166 cm³/mol. The highest BCUT2D eigenvalue weighted by atomic mass is 32.2. The number of hydrogen-bond donors (Lipinski definition) is 6. The largest absolute Gasteiger partial charge is 0.480 e. The van der Waals surface area contributed by atoms with Crippen molar-refractivity contribution in [2.75, 3.05) is 26.0 Å². The molecule has 0 bridgehead atoms. The number of carbonyl (C=O) groups is 5. The number of allylic oxidation sites excluding steroid dienone is 1. The van der Waals surface area contributed by atoms with E-state index in [0.717, 1.165) is 24.8 Å². The van der Waals surface area contributed by atoms with Gasteiger partial charge in [-0.1, -0.05) is 55.3 Å². The Morgan fingerprint density at radius 1 is 1.07 bits per heavy atom. The number of carboxylic acid groups (broad SMARTS) is 2. The lowest BCUT2D eigenvalue weighted by Gasteiger charge is -2.23. The number of rotatable bonds is 19. The van der Waals surface area contributed by atoms with E-state index < -0.39 is 48.3 Å². The molecule has 12 nitrogen and oxygen atoms in total. The number of benzene rings is 1. The van der Waals surface area contributed by atoms with E-state index >= 15 is 0 Å². The van der Waals surface area contributed by atoms with Gasteiger partial charge >= 0.3 is 17.9 Å². The Kier molecular flexibility index (Phi) is 13.9. The van der Waals surface area contributed by atoms with Gasteiger partial charge in [-0.05, 0) is 50.3 Å². The van der Waals surface area contributed by atoms with Crippen LogP contribution in [0.5, 0.6) is 0 Å². The van der Waals surface area contributed by atoms with Crippen molar-refractivity contribution in [3.8, 4) is 0 Å². The highest BCUT2D eigenvalue weighted by Gasteiger charge is 2.39. The average Bonchev–Trinajstić information content (AvgIpc) is 3.32. The van der Waals surface area contributed by atoms with Crippen LogP contribution in [0, 0.1) is 5.92 Å². The number of esters is 1. The molecule has 240 valence electrons. The number of cyclic esters (lactones) is 1. The third-order valence-corrected chi connectivity index (χ3v) is 8.78. The van der Waals surface area contributed by atoms with Gasteiger partial charge in [0.05, 0.1) is 5.25 Å². The van der Waals surface area contributed by atoms with E-state index in [1.54, 1.807) is 7.05 Å². The molecular formula is C31H42N4O8S. The van der Waals surface area contributed by atoms with Crippen LogP contribution in [0.4, 0.5) is 0 Å². The highest BCUT2D eigenvalue weighted by Crippen LogP contribution is 2.42. The number of hydrogen-bond acceptors (Lipinski definition) is 9. The lowest BCUT2D eigenvalue weighted by Crippen LogP contribution is -2.50. The molecule has 0 aromatic heterocycles. The Bertz CT molecular complexity index is 1250. The molecule has 1 aromatic carbocycles. The smallest absolute Gasteiger partial charge is 0.322 e. The molecule has 2 aliphatic rings. The van der Waals surface area contributed by atoms with Crippen LogP contribution < -0.4 is 21.3 Å². The van der Waals surface area contributed by atoms with E-state index in [-0.39, 0.29) is 36.5 Å². The van der Waals surface area contributed by atoms with E-state index in [0.29, 0.717) is 18.6 Å². The van der Waals surface area contributed by atoms with E-state index in [9.17, 15) is 29.1 Å². The molecule has 0 fully saturated rings. The lowest BCUT2D eigenvalue weighted by atomic mass is 9.83. The Hall–Kier alpha value is -3.68. The summed E-state index contributed by atoms with van der Waals surface area (Å²) >= 11 is 1.36. The Balaban J connectivity index is 1.71. The SMILES string of the molecule is CCCC(SCC(NC(=O)CCC(NCNC)C(=O)O)C(=O)NCC(=O)O)C1=C2CCC(Cc3ccccc3)=CC2C(=O)O1. The molecule has 13 heteroatoms. The van der Waals surface area contributed by atoms with Crippen molar-refractivity contribution in [1.29, 1.82) is 0 Å². The van der Waals surface area contributed by atoms with Crippen LogP contribution in [-0.4, -0.2) is 83.3 Å². The summed E-state index contributed by atoms with van der Waals surface area (Å²) < 4.78 is 5.84. The summed E-state index contributed by atoms with van der Waals surface area (Å²) in [6, 6.07) is 8.03. The highest BCUT2D eigenvalue weighted by molar-refractivity contribution is 8.00. The zero-order valence-corrected chi connectivity index (χ0v) is 25.9. The summed E-state index contributed by atoms with van der Waals surface area (Å²) in [4.78, 5) is 61.2. The van der Waals surface area contributed by atoms with Crippen LogP contribution >= 0.6 is 11.8 Å². The second kappa shape index (κ2) is 17.6. The second-order valence-corrected chi connectivity index (χ2v) is 12.0. The number of ether oxygens (including phenoxy) is 1. The Labute approximate surface area is 261 Å². The van der Waals surface area contributed by atoms with E-state index in [1.807, 2.05) is 31.2 Å². The van der Waals surface area contributed by atoms with Crippen molar-refractivity contribution in [2.24, 2.45) is 5.92 Å². The molecule has 0 saturated heterocycles. The van der Waals surface area contributed by atoms with Gasteiger partial charge in [-0.2, -0.15) is 0 Å². The van der Waals surface area contributed by atoms with Gasteiger partial charge in [0.25, 0.3) is 0 Å². The number of nitrogens with one attached hydrogen (secondary N) is 4. The van der Waals surface area contributed by atoms with Crippen LogP contribution in [0.1, 0.15) is 51.0 Å². The number of thioether (sulfide) groups is 1. The quantitative estimate of drug-likeness (QED) is 0.0747. The van der Waals surface area contributed by atoms with Crippen LogP contribution in [-0.2, 0) is 35.1 Å². The first-order valence-corrected chi connectivity index (χ1v) is 15.9. The van der Waals surface area contributed by atoms with Crippen molar-refractivity contribution < 1.29 is 38.9 Å². The van der Waals surface area contributed by atoms with Gasteiger partial charge in [0.1, 0.15) is 30.3 Å². The molecule has 4 atom stereocenters. The summed E-state index contributed by atoms with van der Waals surface area (Å²) in [6.45, 7) is 1.63. The molecule has 4 unspecified atom stereocenters. The minimum atomic E-state index is -1.23. The third-order valence-electron chi connectivity index (χ3n) is 7.40. The lowest BCUT2D eigenvalue weighted by molar-refractivity contribution is -0.140. The maximum atomic E-state index is 13.0. The first-order valence-electron chi connectivity index (χ1n) is 14.8. The van der Waals surface area contributed by atoms with E-state index in [2.05, 4.69) is 33.4 Å². The molecule has 44 heavy (non-hydrogen) atoms. The summed E-state index contributed by atoms with van der Waals surface area (Å²) in [5.74, 6) is -3.59. The number of carboxylic acids is 2. The molecule has 1 heterocycles. The van der Waals surface area contributed by atoms with Gasteiger partial charge in [-0.15, -0.1) is 11.8 Å². The first-order chi connectivity index (χ1) is 21.1. The first kappa shape index (κ1) is 34.8. The van der Waals surface area contributed by atoms with Crippen molar-refractivity contribution in [2.45, 2.75) is 69.2 Å². The van der Waals surface area contributed by atoms with Crippen LogP contribution in [0.2, 0.25) is 0 Å². The van der Waals surface area contributed by atoms with Crippen LogP contribution in [0.25, 0.3) is 0 Å². The monoisotopic (exact) mass is 630 g/mol. The molecule has 0 radical (unpaired) electrons. The second-order valence-electron chi connectivity index (χ2n) is 10.8. The fourth-order valence-electron chi connectivity index (χ4n) is 5.19. The van der Waals surface area contributed by atoms with Crippen LogP contribution in [0.3, 0.4) is 0 Å². The van der Waals surface area contributed by atoms with Gasteiger partial charge in [-0.3, -0.25) is 29.3 Å². The molecular weight excluding hydrogens is 588 g/mol. The van der Waals surface area contributed by atoms with Crippen molar-refractivity contribution in [1.82, 2.24) is 21.3 Å². The Morgan fingerprint density at radius 3 is 2.48 bits per heavy atom. The maximum absolute atomic E-state index is 13.0. The third kappa shape index (κ3) is 10.5. The van der Waals surface area contributed by atoms with Gasteiger partial charge in [0.2, 0.25) is 11.8 Å². The van der Waals surface area contributed by atoms with Crippen molar-refractivity contribution in [3.05, 3.63) is 58.9 Å². The van der Waals surface area contributed by atoms with Gasteiger partial charge in [0.15, 0.2) is 0 Å². The summed E-state index contributed by atoms with van der Waals surface area (Å²) in [7, 11) is 1.65. The summed E-state index contributed by atoms with van der Waals surface area (Å²) in [5, 5.41) is 28.7. The molecule has 0 spiro atoms. The average molecular weight is 631 g/mol. The fourth-order valence-corrected chi connectivity index (χ4v) is 6.60. The summed E-state index contributed by atoms with van der Waals surface area (Å²) in [5.41, 5.74) is 3.31. The minimum Gasteiger partial charge on any atom is -0.480 e. The van der Waals surface area contributed by atoms with Gasteiger partial charge in [0, 0.05) is 18.8 Å². The van der Waals surface area contributed by atoms with Crippen molar-refractivity contribution >= 4 is 41.5 Å².